The molecular weight excluding hydrogens is 432 g/mol. The molecule has 3 rings (SSSR count). The molecule has 0 aromatic heterocycles. The van der Waals surface area contributed by atoms with Crippen LogP contribution in [0.25, 0.3) is 0 Å². The molecule has 2 amide bonds. The van der Waals surface area contributed by atoms with Gasteiger partial charge in [0, 0.05) is 28.6 Å². The van der Waals surface area contributed by atoms with Crippen molar-refractivity contribution in [2.24, 2.45) is 11.0 Å². The van der Waals surface area contributed by atoms with Gasteiger partial charge in [-0.1, -0.05) is 46.3 Å². The van der Waals surface area contributed by atoms with E-state index in [9.17, 15) is 24.8 Å². The molecule has 2 aromatic rings. The maximum atomic E-state index is 12.5. The zero-order valence-electron chi connectivity index (χ0n) is 14.3. The third-order valence-corrected chi connectivity index (χ3v) is 4.81. The minimum atomic E-state index is -0.954. The van der Waals surface area contributed by atoms with E-state index in [4.69, 9.17) is 0 Å². The number of hydrazone groups is 1. The molecule has 1 fully saturated rings. The summed E-state index contributed by atoms with van der Waals surface area (Å²) >= 11 is 3.11. The average molecular weight is 447 g/mol. The van der Waals surface area contributed by atoms with Crippen LogP contribution in [0, 0.1) is 16.0 Å². The normalized spacial score (nSPS) is 18.8. The van der Waals surface area contributed by atoms with Crippen LogP contribution in [0.5, 0.6) is 5.75 Å². The van der Waals surface area contributed by atoms with Crippen molar-refractivity contribution in [3.8, 4) is 5.75 Å². The van der Waals surface area contributed by atoms with Gasteiger partial charge in [-0.15, -0.1) is 0 Å². The number of carbonyl (C=O) groups is 2. The summed E-state index contributed by atoms with van der Waals surface area (Å²) in [5.74, 6) is -2.87. The van der Waals surface area contributed by atoms with Crippen LogP contribution in [-0.2, 0) is 9.59 Å². The number of halogens is 1. The maximum absolute atomic E-state index is 12.5. The Bertz CT molecular complexity index is 964. The first-order chi connectivity index (χ1) is 13.4. The number of nitro benzene ring substituents is 1. The molecule has 0 radical (unpaired) electrons. The monoisotopic (exact) mass is 446 g/mol. The molecule has 1 aliphatic rings. The second-order valence-corrected chi connectivity index (χ2v) is 7.01. The molecule has 3 N–H and O–H groups in total. The van der Waals surface area contributed by atoms with Gasteiger partial charge in [0.15, 0.2) is 0 Å². The number of benzene rings is 2. The molecule has 1 saturated heterocycles. The SMILES string of the molecule is O=C1NCC(c2ccccc2)C1C(=O)N/N=C/c1cc(Br)cc([N+](=O)[O-])c1O. The largest absolute Gasteiger partial charge is 0.502 e. The lowest BCUT2D eigenvalue weighted by atomic mass is 9.88. The highest BCUT2D eigenvalue weighted by molar-refractivity contribution is 9.10. The van der Waals surface area contributed by atoms with Gasteiger partial charge in [0.1, 0.15) is 5.92 Å². The Labute approximate surface area is 167 Å². The lowest BCUT2D eigenvalue weighted by molar-refractivity contribution is -0.385. The van der Waals surface area contributed by atoms with Gasteiger partial charge in [0.05, 0.1) is 11.1 Å². The van der Waals surface area contributed by atoms with Gasteiger partial charge in [-0.25, -0.2) is 5.43 Å². The molecule has 1 aliphatic heterocycles. The van der Waals surface area contributed by atoms with E-state index in [2.05, 4.69) is 31.8 Å². The van der Waals surface area contributed by atoms with E-state index in [-0.39, 0.29) is 11.5 Å². The molecule has 1 heterocycles. The maximum Gasteiger partial charge on any atom is 0.312 e. The van der Waals surface area contributed by atoms with Crippen molar-refractivity contribution >= 4 is 39.6 Å². The average Bonchev–Trinajstić information content (AvgIpc) is 3.06. The van der Waals surface area contributed by atoms with Crippen molar-refractivity contribution in [3.63, 3.8) is 0 Å². The van der Waals surface area contributed by atoms with Crippen LogP contribution in [0.2, 0.25) is 0 Å². The number of carbonyl (C=O) groups excluding carboxylic acids is 2. The minimum absolute atomic E-state index is 0.0388. The van der Waals surface area contributed by atoms with Crippen LogP contribution in [0.1, 0.15) is 17.0 Å². The molecule has 9 nitrogen and oxygen atoms in total. The number of hydrogen-bond acceptors (Lipinski definition) is 6. The van der Waals surface area contributed by atoms with Gasteiger partial charge in [0.25, 0.3) is 5.91 Å². The third kappa shape index (κ3) is 4.01. The topological polar surface area (TPSA) is 134 Å². The predicted molar refractivity (Wildman–Crippen MR) is 104 cm³/mol. The standard InChI is InChI=1S/C18H15BrN4O5/c19-12-6-11(16(24)14(7-12)23(27)28)8-21-22-18(26)15-13(9-20-17(15)25)10-4-2-1-3-5-10/h1-8,13,15,24H,9H2,(H,20,25)(H,22,26)/b21-8+. The first-order valence-corrected chi connectivity index (χ1v) is 9.00. The summed E-state index contributed by atoms with van der Waals surface area (Å²) < 4.78 is 0.365. The predicted octanol–water partition coefficient (Wildman–Crippen LogP) is 2.04. The summed E-state index contributed by atoms with van der Waals surface area (Å²) in [6.45, 7) is 0.337. The summed E-state index contributed by atoms with van der Waals surface area (Å²) in [6.07, 6.45) is 1.08. The van der Waals surface area contributed by atoms with Crippen molar-refractivity contribution in [2.75, 3.05) is 6.54 Å². The third-order valence-electron chi connectivity index (χ3n) is 4.35. The Morgan fingerprint density at radius 2 is 2.07 bits per heavy atom. The molecule has 2 aromatic carbocycles. The number of aromatic hydroxyl groups is 1. The van der Waals surface area contributed by atoms with Crippen molar-refractivity contribution in [1.29, 1.82) is 0 Å². The van der Waals surface area contributed by atoms with E-state index in [0.29, 0.717) is 11.0 Å². The quantitative estimate of drug-likeness (QED) is 0.279. The summed E-state index contributed by atoms with van der Waals surface area (Å²) in [6, 6.07) is 11.7. The smallest absolute Gasteiger partial charge is 0.312 e. The number of phenols is 1. The fraction of sp³-hybridized carbons (Fsp3) is 0.167. The van der Waals surface area contributed by atoms with Gasteiger partial charge in [0.2, 0.25) is 11.7 Å². The van der Waals surface area contributed by atoms with E-state index in [1.807, 2.05) is 30.3 Å². The number of rotatable bonds is 5. The molecule has 2 unspecified atom stereocenters. The number of nitrogens with one attached hydrogen (secondary N) is 2. The van der Waals surface area contributed by atoms with E-state index < -0.39 is 34.1 Å². The van der Waals surface area contributed by atoms with E-state index in [0.717, 1.165) is 17.8 Å². The zero-order chi connectivity index (χ0) is 20.3. The van der Waals surface area contributed by atoms with Crippen molar-refractivity contribution in [2.45, 2.75) is 5.92 Å². The molecular formula is C18H15BrN4O5. The molecule has 2 atom stereocenters. The lowest BCUT2D eigenvalue weighted by Gasteiger charge is -2.15. The van der Waals surface area contributed by atoms with Crippen LogP contribution in [0.15, 0.2) is 52.0 Å². The summed E-state index contributed by atoms with van der Waals surface area (Å²) in [5, 5.41) is 27.3. The summed E-state index contributed by atoms with van der Waals surface area (Å²) in [4.78, 5) is 34.8. The first kappa shape index (κ1) is 19.5. The Hall–Kier alpha value is -3.27. The van der Waals surface area contributed by atoms with Gasteiger partial charge in [-0.3, -0.25) is 19.7 Å². The molecule has 0 bridgehead atoms. The van der Waals surface area contributed by atoms with Gasteiger partial charge in [-0.2, -0.15) is 5.10 Å². The zero-order valence-corrected chi connectivity index (χ0v) is 15.9. The van der Waals surface area contributed by atoms with Crippen molar-refractivity contribution < 1.29 is 19.6 Å². The van der Waals surface area contributed by atoms with Crippen LogP contribution >= 0.6 is 15.9 Å². The molecule has 10 heteroatoms. The van der Waals surface area contributed by atoms with E-state index in [1.54, 1.807) is 0 Å². The molecule has 0 aliphatic carbocycles. The van der Waals surface area contributed by atoms with Gasteiger partial charge in [-0.05, 0) is 11.6 Å². The molecule has 0 spiro atoms. The first-order valence-electron chi connectivity index (χ1n) is 8.21. The Kier molecular flexibility index (Phi) is 5.69. The van der Waals surface area contributed by atoms with Gasteiger partial charge < -0.3 is 10.4 Å². The summed E-state index contributed by atoms with van der Waals surface area (Å²) in [5.41, 5.74) is 2.66. The lowest BCUT2D eigenvalue weighted by Crippen LogP contribution is -2.34. The molecule has 0 saturated carbocycles. The van der Waals surface area contributed by atoms with E-state index >= 15 is 0 Å². The number of nitro groups is 1. The van der Waals surface area contributed by atoms with Crippen LogP contribution < -0.4 is 10.7 Å². The molecule has 28 heavy (non-hydrogen) atoms. The second-order valence-electron chi connectivity index (χ2n) is 6.09. The Morgan fingerprint density at radius 1 is 1.36 bits per heavy atom. The highest BCUT2D eigenvalue weighted by atomic mass is 79.9. The van der Waals surface area contributed by atoms with Crippen LogP contribution in [0.4, 0.5) is 5.69 Å². The highest BCUT2D eigenvalue weighted by Crippen LogP contribution is 2.32. The number of phenolic OH excluding ortho intramolecular Hbond substituents is 1. The van der Waals surface area contributed by atoms with Crippen LogP contribution in [-0.4, -0.2) is 34.6 Å². The van der Waals surface area contributed by atoms with Gasteiger partial charge >= 0.3 is 5.69 Å². The number of amides is 2. The Morgan fingerprint density at radius 3 is 2.75 bits per heavy atom. The van der Waals surface area contributed by atoms with E-state index in [1.165, 1.54) is 6.07 Å². The van der Waals surface area contributed by atoms with Crippen molar-refractivity contribution in [1.82, 2.24) is 10.7 Å². The number of hydrogen-bond donors (Lipinski definition) is 3. The summed E-state index contributed by atoms with van der Waals surface area (Å²) in [7, 11) is 0. The number of nitrogens with zero attached hydrogens (tertiary/aromatic N) is 2. The highest BCUT2D eigenvalue weighted by Gasteiger charge is 2.40. The minimum Gasteiger partial charge on any atom is -0.502 e. The fourth-order valence-electron chi connectivity index (χ4n) is 3.01. The fourth-order valence-corrected chi connectivity index (χ4v) is 3.47. The molecule has 144 valence electrons. The Balaban J connectivity index is 1.76. The van der Waals surface area contributed by atoms with Crippen LogP contribution in [0.3, 0.4) is 0 Å². The van der Waals surface area contributed by atoms with Crippen molar-refractivity contribution in [3.05, 3.63) is 68.2 Å². The second kappa shape index (κ2) is 8.17.